The Morgan fingerprint density at radius 3 is 2.58 bits per heavy atom. The van der Waals surface area contributed by atoms with Crippen LogP contribution in [0.15, 0.2) is 18.2 Å². The van der Waals surface area contributed by atoms with Crippen LogP contribution in [-0.4, -0.2) is 10.2 Å². The largest absolute Gasteiger partial charge is 0.486 e. The van der Waals surface area contributed by atoms with E-state index in [1.807, 2.05) is 0 Å². The molecule has 0 spiro atoms. The summed E-state index contributed by atoms with van der Waals surface area (Å²) in [4.78, 5) is 0. The summed E-state index contributed by atoms with van der Waals surface area (Å²) in [5, 5.41) is 7.81. The molecule has 2 rings (SSSR count). The van der Waals surface area contributed by atoms with Crippen LogP contribution in [0.2, 0.25) is 0 Å². The summed E-state index contributed by atoms with van der Waals surface area (Å²) in [5.74, 6) is -1.46. The molecular formula is C10H7F4N3OS. The molecule has 102 valence electrons. The molecule has 9 heteroatoms. The van der Waals surface area contributed by atoms with Gasteiger partial charge in [0.25, 0.3) is 0 Å². The lowest BCUT2D eigenvalue weighted by Gasteiger charge is -2.10. The second-order valence-corrected chi connectivity index (χ2v) is 4.56. The number of anilines is 1. The first kappa shape index (κ1) is 13.5. The average Bonchev–Trinajstić information content (AvgIpc) is 2.72. The molecule has 0 aliphatic rings. The number of halogens is 4. The first-order valence-corrected chi connectivity index (χ1v) is 5.75. The Morgan fingerprint density at radius 1 is 1.26 bits per heavy atom. The number of hydrogen-bond donors (Lipinski definition) is 1. The van der Waals surface area contributed by atoms with Gasteiger partial charge in [0.1, 0.15) is 18.2 Å². The van der Waals surface area contributed by atoms with Crippen molar-refractivity contribution < 1.29 is 22.3 Å². The van der Waals surface area contributed by atoms with Gasteiger partial charge >= 0.3 is 6.18 Å². The summed E-state index contributed by atoms with van der Waals surface area (Å²) in [6.45, 7) is -0.0855. The molecule has 1 heterocycles. The van der Waals surface area contributed by atoms with Crippen LogP contribution in [-0.2, 0) is 12.8 Å². The summed E-state index contributed by atoms with van der Waals surface area (Å²) < 4.78 is 55.5. The molecule has 0 amide bonds. The number of nitrogen functional groups attached to an aromatic ring is 1. The second-order valence-electron chi connectivity index (χ2n) is 3.46. The third-order valence-electron chi connectivity index (χ3n) is 2.09. The fraction of sp³-hybridized carbons (Fsp3) is 0.200. The van der Waals surface area contributed by atoms with E-state index in [2.05, 4.69) is 10.2 Å². The minimum absolute atomic E-state index is 0.0855. The van der Waals surface area contributed by atoms with Gasteiger partial charge in [0.05, 0.1) is 5.56 Å². The highest BCUT2D eigenvalue weighted by molar-refractivity contribution is 7.15. The number of ether oxygens (including phenoxy) is 1. The van der Waals surface area contributed by atoms with Crippen molar-refractivity contribution in [1.29, 1.82) is 0 Å². The summed E-state index contributed by atoms with van der Waals surface area (Å²) in [7, 11) is 0. The first-order chi connectivity index (χ1) is 8.86. The van der Waals surface area contributed by atoms with Gasteiger partial charge in [0, 0.05) is 0 Å². The number of nitrogens with zero attached hydrogens (tertiary/aromatic N) is 2. The predicted octanol–water partition coefficient (Wildman–Crippen LogP) is 2.86. The maximum absolute atomic E-state index is 13.0. The molecule has 0 bridgehead atoms. The molecule has 0 aliphatic heterocycles. The van der Waals surface area contributed by atoms with Gasteiger partial charge < -0.3 is 10.5 Å². The van der Waals surface area contributed by atoms with Crippen molar-refractivity contribution in [1.82, 2.24) is 10.2 Å². The lowest BCUT2D eigenvalue weighted by Crippen LogP contribution is -2.08. The molecule has 0 atom stereocenters. The predicted molar refractivity (Wildman–Crippen MR) is 60.1 cm³/mol. The van der Waals surface area contributed by atoms with Crippen molar-refractivity contribution in [3.8, 4) is 5.75 Å². The highest BCUT2D eigenvalue weighted by Gasteiger charge is 2.34. The van der Waals surface area contributed by atoms with E-state index in [9.17, 15) is 17.6 Å². The second kappa shape index (κ2) is 5.00. The standard InChI is InChI=1S/C10H7F4N3OS/c11-7-2-1-5(3-6(7)10(12,13)14)18-4-8-16-17-9(15)19-8/h1-3H,4H2,(H2,15,17). The van der Waals surface area contributed by atoms with Gasteiger partial charge in [0.15, 0.2) is 5.01 Å². The lowest BCUT2D eigenvalue weighted by molar-refractivity contribution is -0.140. The van der Waals surface area contributed by atoms with E-state index in [1.165, 1.54) is 0 Å². The van der Waals surface area contributed by atoms with Crippen LogP contribution >= 0.6 is 11.3 Å². The maximum Gasteiger partial charge on any atom is 0.419 e. The average molecular weight is 293 g/mol. The maximum atomic E-state index is 13.0. The lowest BCUT2D eigenvalue weighted by atomic mass is 10.2. The Morgan fingerprint density at radius 2 is 2.00 bits per heavy atom. The monoisotopic (exact) mass is 293 g/mol. The van der Waals surface area contributed by atoms with E-state index in [0.717, 1.165) is 17.4 Å². The molecule has 0 radical (unpaired) electrons. The normalized spacial score (nSPS) is 11.6. The molecule has 1 aromatic carbocycles. The molecule has 2 N–H and O–H groups in total. The van der Waals surface area contributed by atoms with Crippen molar-refractivity contribution in [2.45, 2.75) is 12.8 Å². The van der Waals surface area contributed by atoms with Crippen LogP contribution < -0.4 is 10.5 Å². The molecule has 0 unspecified atom stereocenters. The summed E-state index contributed by atoms with van der Waals surface area (Å²) >= 11 is 1.05. The van der Waals surface area contributed by atoms with Gasteiger partial charge in [-0.15, -0.1) is 10.2 Å². The quantitative estimate of drug-likeness (QED) is 0.884. The van der Waals surface area contributed by atoms with Crippen LogP contribution in [0.5, 0.6) is 5.75 Å². The number of benzene rings is 1. The molecular weight excluding hydrogens is 286 g/mol. The minimum atomic E-state index is -4.77. The fourth-order valence-corrected chi connectivity index (χ4v) is 1.80. The fourth-order valence-electron chi connectivity index (χ4n) is 1.28. The number of rotatable bonds is 3. The van der Waals surface area contributed by atoms with Gasteiger partial charge in [-0.05, 0) is 18.2 Å². The van der Waals surface area contributed by atoms with E-state index in [0.29, 0.717) is 17.1 Å². The van der Waals surface area contributed by atoms with Crippen molar-refractivity contribution in [2.75, 3.05) is 5.73 Å². The molecule has 0 fully saturated rings. The Labute approximate surface area is 108 Å². The molecule has 0 saturated carbocycles. The number of nitrogens with two attached hydrogens (primary N) is 1. The Balaban J connectivity index is 2.13. The van der Waals surface area contributed by atoms with E-state index in [-0.39, 0.29) is 17.5 Å². The minimum Gasteiger partial charge on any atom is -0.486 e. The zero-order valence-electron chi connectivity index (χ0n) is 9.24. The molecule has 4 nitrogen and oxygen atoms in total. The van der Waals surface area contributed by atoms with Crippen LogP contribution in [0.3, 0.4) is 0 Å². The molecule has 19 heavy (non-hydrogen) atoms. The highest BCUT2D eigenvalue weighted by Crippen LogP contribution is 2.33. The Hall–Kier alpha value is -1.90. The van der Waals surface area contributed by atoms with Crippen LogP contribution in [0.1, 0.15) is 10.6 Å². The van der Waals surface area contributed by atoms with E-state index in [4.69, 9.17) is 10.5 Å². The smallest absolute Gasteiger partial charge is 0.419 e. The van der Waals surface area contributed by atoms with Crippen molar-refractivity contribution in [3.05, 3.63) is 34.6 Å². The van der Waals surface area contributed by atoms with E-state index < -0.39 is 17.6 Å². The van der Waals surface area contributed by atoms with Crippen molar-refractivity contribution >= 4 is 16.5 Å². The Bertz CT molecular complexity index is 584. The highest BCUT2D eigenvalue weighted by atomic mass is 32.1. The number of hydrogen-bond acceptors (Lipinski definition) is 5. The van der Waals surface area contributed by atoms with Gasteiger partial charge in [-0.3, -0.25) is 0 Å². The van der Waals surface area contributed by atoms with Crippen LogP contribution in [0.4, 0.5) is 22.7 Å². The zero-order chi connectivity index (χ0) is 14.0. The Kier molecular flexibility index (Phi) is 3.56. The summed E-state index contributed by atoms with van der Waals surface area (Å²) in [6, 6.07) is 2.40. The first-order valence-electron chi connectivity index (χ1n) is 4.93. The van der Waals surface area contributed by atoms with Crippen LogP contribution in [0, 0.1) is 5.82 Å². The van der Waals surface area contributed by atoms with Crippen LogP contribution in [0.25, 0.3) is 0 Å². The SMILES string of the molecule is Nc1nnc(COc2ccc(F)c(C(F)(F)F)c2)s1. The summed E-state index contributed by atoms with van der Waals surface area (Å²) in [6.07, 6.45) is -4.77. The van der Waals surface area contributed by atoms with Gasteiger partial charge in [-0.25, -0.2) is 4.39 Å². The van der Waals surface area contributed by atoms with E-state index in [1.54, 1.807) is 0 Å². The van der Waals surface area contributed by atoms with E-state index >= 15 is 0 Å². The van der Waals surface area contributed by atoms with Gasteiger partial charge in [0.2, 0.25) is 5.13 Å². The third-order valence-corrected chi connectivity index (χ3v) is 2.81. The number of alkyl halides is 3. The van der Waals surface area contributed by atoms with Crippen molar-refractivity contribution in [2.24, 2.45) is 0 Å². The topological polar surface area (TPSA) is 61.0 Å². The third kappa shape index (κ3) is 3.31. The number of aromatic nitrogens is 2. The molecule has 0 saturated heterocycles. The van der Waals surface area contributed by atoms with Gasteiger partial charge in [-0.1, -0.05) is 11.3 Å². The van der Waals surface area contributed by atoms with Gasteiger partial charge in [-0.2, -0.15) is 13.2 Å². The van der Waals surface area contributed by atoms with Crippen molar-refractivity contribution in [3.63, 3.8) is 0 Å². The summed E-state index contributed by atoms with van der Waals surface area (Å²) in [5.41, 5.74) is 3.97. The zero-order valence-corrected chi connectivity index (χ0v) is 10.1. The molecule has 2 aromatic rings. The molecule has 0 aliphatic carbocycles. The molecule has 1 aromatic heterocycles.